The molecule has 1 atom stereocenters. The summed E-state index contributed by atoms with van der Waals surface area (Å²) in [7, 11) is 1.79. The minimum Gasteiger partial charge on any atom is -0.463 e. The molecule has 120 valence electrons. The van der Waals surface area contributed by atoms with Crippen LogP contribution in [-0.2, 0) is 17.8 Å². The molecule has 2 heterocycles. The molecule has 0 aliphatic carbocycles. The van der Waals surface area contributed by atoms with E-state index in [-0.39, 0.29) is 0 Å². The zero-order valence-corrected chi connectivity index (χ0v) is 13.9. The molecule has 0 bridgehead atoms. The normalized spacial score (nSPS) is 20.3. The highest BCUT2D eigenvalue weighted by Gasteiger charge is 2.21. The summed E-state index contributed by atoms with van der Waals surface area (Å²) in [4.78, 5) is 2.49. The van der Waals surface area contributed by atoms with Crippen molar-refractivity contribution in [1.82, 2.24) is 10.2 Å². The minimum absolute atomic E-state index is 0.481. The highest BCUT2D eigenvalue weighted by Crippen LogP contribution is 2.21. The molecular weight excluding hydrogens is 264 g/mol. The van der Waals surface area contributed by atoms with Gasteiger partial charge in [0.15, 0.2) is 0 Å². The number of nitrogens with zero attached hydrogens (tertiary/aromatic N) is 1. The van der Waals surface area contributed by atoms with Crippen LogP contribution in [0.5, 0.6) is 0 Å². The van der Waals surface area contributed by atoms with E-state index in [1.54, 1.807) is 7.11 Å². The number of hydrogen-bond acceptors (Lipinski definition) is 4. The topological polar surface area (TPSA) is 37.6 Å². The van der Waals surface area contributed by atoms with E-state index in [0.717, 1.165) is 37.8 Å². The first-order chi connectivity index (χ1) is 10.1. The van der Waals surface area contributed by atoms with Gasteiger partial charge in [0.1, 0.15) is 11.5 Å². The van der Waals surface area contributed by atoms with Crippen molar-refractivity contribution in [3.63, 3.8) is 0 Å². The molecule has 2 rings (SSSR count). The lowest BCUT2D eigenvalue weighted by Crippen LogP contribution is -2.36. The molecule has 0 aromatic carbocycles. The first kappa shape index (κ1) is 16.5. The van der Waals surface area contributed by atoms with E-state index in [4.69, 9.17) is 9.15 Å². The summed E-state index contributed by atoms with van der Waals surface area (Å²) in [5.74, 6) is 2.83. The second-order valence-corrected chi connectivity index (χ2v) is 6.55. The Labute approximate surface area is 128 Å². The number of likely N-dealkylation sites (tertiary alicyclic amines) is 1. The molecule has 4 nitrogen and oxygen atoms in total. The quantitative estimate of drug-likeness (QED) is 0.839. The molecule has 0 saturated carbocycles. The third-order valence-corrected chi connectivity index (χ3v) is 4.13. The van der Waals surface area contributed by atoms with Crippen LogP contribution < -0.4 is 5.32 Å². The molecule has 1 aliphatic rings. The van der Waals surface area contributed by atoms with Crippen molar-refractivity contribution in [1.29, 1.82) is 0 Å². The van der Waals surface area contributed by atoms with E-state index in [0.29, 0.717) is 12.0 Å². The van der Waals surface area contributed by atoms with Crippen molar-refractivity contribution in [2.75, 3.05) is 26.8 Å². The number of furan rings is 1. The van der Waals surface area contributed by atoms with Crippen molar-refractivity contribution >= 4 is 0 Å². The monoisotopic (exact) mass is 294 g/mol. The van der Waals surface area contributed by atoms with Crippen LogP contribution in [0.25, 0.3) is 0 Å². The smallest absolute Gasteiger partial charge is 0.120 e. The summed E-state index contributed by atoms with van der Waals surface area (Å²) < 4.78 is 11.3. The molecule has 0 radical (unpaired) electrons. The minimum atomic E-state index is 0.481. The molecule has 1 aromatic heterocycles. The fourth-order valence-electron chi connectivity index (χ4n) is 3.03. The van der Waals surface area contributed by atoms with Crippen molar-refractivity contribution in [3.05, 3.63) is 23.2 Å². The second-order valence-electron chi connectivity index (χ2n) is 6.55. The molecule has 1 saturated heterocycles. The summed E-state index contributed by atoms with van der Waals surface area (Å²) in [5.41, 5.74) is 1.25. The zero-order valence-electron chi connectivity index (χ0n) is 13.9. The lowest BCUT2D eigenvalue weighted by Gasteiger charge is -2.31. The van der Waals surface area contributed by atoms with Crippen LogP contribution in [0, 0.1) is 12.8 Å². The maximum absolute atomic E-state index is 6.03. The zero-order chi connectivity index (χ0) is 15.2. The number of aryl methyl sites for hydroxylation is 1. The average molecular weight is 294 g/mol. The molecule has 1 N–H and O–H groups in total. The van der Waals surface area contributed by atoms with Crippen molar-refractivity contribution < 1.29 is 9.15 Å². The molecule has 1 unspecified atom stereocenters. The van der Waals surface area contributed by atoms with E-state index >= 15 is 0 Å². The Bertz CT molecular complexity index is 426. The Morgan fingerprint density at radius 2 is 2.29 bits per heavy atom. The van der Waals surface area contributed by atoms with Crippen LogP contribution in [0.15, 0.2) is 10.5 Å². The van der Waals surface area contributed by atoms with Gasteiger partial charge in [0.05, 0.1) is 19.7 Å². The van der Waals surface area contributed by atoms with E-state index in [1.807, 2.05) is 0 Å². The van der Waals surface area contributed by atoms with Crippen LogP contribution in [-0.4, -0.2) is 37.7 Å². The molecular formula is C17H30N2O2. The second kappa shape index (κ2) is 7.97. The van der Waals surface area contributed by atoms with Gasteiger partial charge in [-0.25, -0.2) is 0 Å². The lowest BCUT2D eigenvalue weighted by atomic mass is 9.99. The van der Waals surface area contributed by atoms with Crippen molar-refractivity contribution in [3.8, 4) is 0 Å². The lowest BCUT2D eigenvalue weighted by molar-refractivity contribution is 0.0838. The van der Waals surface area contributed by atoms with E-state index in [1.165, 1.54) is 24.9 Å². The number of nitrogens with one attached hydrogen (secondary N) is 1. The Hall–Kier alpha value is -0.840. The van der Waals surface area contributed by atoms with E-state index < -0.39 is 0 Å². The largest absolute Gasteiger partial charge is 0.463 e. The Morgan fingerprint density at radius 1 is 1.48 bits per heavy atom. The van der Waals surface area contributed by atoms with Gasteiger partial charge < -0.3 is 14.5 Å². The van der Waals surface area contributed by atoms with Crippen LogP contribution in [0.3, 0.4) is 0 Å². The first-order valence-corrected chi connectivity index (χ1v) is 8.11. The highest BCUT2D eigenvalue weighted by molar-refractivity contribution is 5.20. The van der Waals surface area contributed by atoms with E-state index in [2.05, 4.69) is 37.1 Å². The number of ether oxygens (including phenoxy) is 1. The maximum atomic E-state index is 6.03. The summed E-state index contributed by atoms with van der Waals surface area (Å²) in [6.07, 6.45) is 2.54. The first-order valence-electron chi connectivity index (χ1n) is 8.11. The third kappa shape index (κ3) is 5.13. The van der Waals surface area contributed by atoms with Gasteiger partial charge in [-0.3, -0.25) is 4.90 Å². The van der Waals surface area contributed by atoms with Gasteiger partial charge in [-0.05, 0) is 43.9 Å². The number of piperidine rings is 1. The number of rotatable bonds is 7. The molecule has 21 heavy (non-hydrogen) atoms. The van der Waals surface area contributed by atoms with Gasteiger partial charge in [-0.1, -0.05) is 13.8 Å². The van der Waals surface area contributed by atoms with E-state index in [9.17, 15) is 0 Å². The van der Waals surface area contributed by atoms with Crippen molar-refractivity contribution in [2.45, 2.75) is 52.7 Å². The number of hydrogen-bond donors (Lipinski definition) is 1. The van der Waals surface area contributed by atoms with Gasteiger partial charge in [0.25, 0.3) is 0 Å². The van der Waals surface area contributed by atoms with Gasteiger partial charge >= 0.3 is 0 Å². The SMILES string of the molecule is COCC1CCCN(Cc2cc(C)c(CNC(C)C)o2)C1. The van der Waals surface area contributed by atoms with Crippen LogP contribution in [0.2, 0.25) is 0 Å². The average Bonchev–Trinajstić information content (AvgIpc) is 2.77. The van der Waals surface area contributed by atoms with Crippen LogP contribution in [0.4, 0.5) is 0 Å². The molecule has 1 fully saturated rings. The van der Waals surface area contributed by atoms with Crippen LogP contribution in [0.1, 0.15) is 43.8 Å². The Balaban J connectivity index is 1.89. The predicted molar refractivity (Wildman–Crippen MR) is 85.3 cm³/mol. The Kier molecular flexibility index (Phi) is 6.27. The Morgan fingerprint density at radius 3 is 3.00 bits per heavy atom. The van der Waals surface area contributed by atoms with Gasteiger partial charge in [-0.15, -0.1) is 0 Å². The highest BCUT2D eigenvalue weighted by atomic mass is 16.5. The molecule has 4 heteroatoms. The summed E-state index contributed by atoms with van der Waals surface area (Å²) in [5, 5.41) is 3.42. The summed E-state index contributed by atoms with van der Waals surface area (Å²) >= 11 is 0. The van der Waals surface area contributed by atoms with Gasteiger partial charge in [0.2, 0.25) is 0 Å². The molecule has 0 amide bonds. The predicted octanol–water partition coefficient (Wildman–Crippen LogP) is 2.94. The number of methoxy groups -OCH3 is 1. The van der Waals surface area contributed by atoms with Gasteiger partial charge in [-0.2, -0.15) is 0 Å². The fraction of sp³-hybridized carbons (Fsp3) is 0.765. The van der Waals surface area contributed by atoms with Crippen molar-refractivity contribution in [2.24, 2.45) is 5.92 Å². The summed E-state index contributed by atoms with van der Waals surface area (Å²) in [6, 6.07) is 2.67. The summed E-state index contributed by atoms with van der Waals surface area (Å²) in [6.45, 7) is 11.3. The molecule has 1 aliphatic heterocycles. The standard InChI is InChI=1S/C17H30N2O2/c1-13(2)18-9-17-14(3)8-16(21-17)11-19-7-5-6-15(10-19)12-20-4/h8,13,15,18H,5-7,9-12H2,1-4H3. The van der Waals surface area contributed by atoms with Crippen LogP contribution >= 0.6 is 0 Å². The molecule has 0 spiro atoms. The fourth-order valence-corrected chi connectivity index (χ4v) is 3.03. The van der Waals surface area contributed by atoms with Gasteiger partial charge in [0, 0.05) is 19.7 Å². The maximum Gasteiger partial charge on any atom is 0.120 e. The third-order valence-electron chi connectivity index (χ3n) is 4.13. The molecule has 1 aromatic rings.